The van der Waals surface area contributed by atoms with E-state index in [9.17, 15) is 9.59 Å². The number of rotatable bonds is 2. The van der Waals surface area contributed by atoms with Crippen LogP contribution in [0.1, 0.15) is 19.3 Å². The predicted octanol–water partition coefficient (Wildman–Crippen LogP) is 0.567. The Morgan fingerprint density at radius 2 is 2.13 bits per heavy atom. The molecule has 0 radical (unpaired) electrons. The molecule has 0 spiro atoms. The fraction of sp³-hybridized carbons (Fsp3) is 0.800. The number of fused-ring (bicyclic) bond motifs is 2. The lowest BCUT2D eigenvalue weighted by atomic mass is 10.1. The Kier molecular flexibility index (Phi) is 1.84. The second kappa shape index (κ2) is 2.90. The second-order valence-electron chi connectivity index (χ2n) is 4.69. The molecule has 4 nitrogen and oxygen atoms in total. The summed E-state index contributed by atoms with van der Waals surface area (Å²) in [7, 11) is 0. The van der Waals surface area contributed by atoms with Crippen molar-refractivity contribution >= 4 is 23.6 Å². The molecule has 3 fully saturated rings. The molecule has 15 heavy (non-hydrogen) atoms. The molecule has 3 aliphatic rings. The number of hydrogen-bond acceptors (Lipinski definition) is 3. The highest BCUT2D eigenvalue weighted by molar-refractivity contribution is 8.00. The minimum absolute atomic E-state index is 0.122. The van der Waals surface area contributed by atoms with Crippen molar-refractivity contribution in [1.29, 1.82) is 0 Å². The molecule has 1 N–H and O–H groups in total. The Morgan fingerprint density at radius 3 is 2.53 bits per heavy atom. The molecular weight excluding hydrogens is 214 g/mol. The molecule has 2 unspecified atom stereocenters. The standard InChI is InChI=1S/C10H13NO3S/c12-8(10(1-2-10)9(13)14)11-4-7-3-6(11)5-15-7/h6-7H,1-5H2,(H,13,14). The first-order valence-electron chi connectivity index (χ1n) is 5.29. The maximum atomic E-state index is 12.1. The molecule has 0 aromatic carbocycles. The Bertz CT molecular complexity index is 340. The van der Waals surface area contributed by atoms with Gasteiger partial charge in [0.1, 0.15) is 5.41 Å². The maximum absolute atomic E-state index is 12.1. The molecule has 1 aliphatic carbocycles. The summed E-state index contributed by atoms with van der Waals surface area (Å²) in [5, 5.41) is 9.61. The smallest absolute Gasteiger partial charge is 0.319 e. The van der Waals surface area contributed by atoms with E-state index in [2.05, 4.69) is 0 Å². The number of likely N-dealkylation sites (tertiary alicyclic amines) is 1. The van der Waals surface area contributed by atoms with Crippen LogP contribution in [0.3, 0.4) is 0 Å². The van der Waals surface area contributed by atoms with Gasteiger partial charge < -0.3 is 10.0 Å². The van der Waals surface area contributed by atoms with E-state index in [0.29, 0.717) is 24.1 Å². The van der Waals surface area contributed by atoms with Gasteiger partial charge in [-0.15, -0.1) is 0 Å². The largest absolute Gasteiger partial charge is 0.480 e. The highest BCUT2D eigenvalue weighted by atomic mass is 32.2. The van der Waals surface area contributed by atoms with Gasteiger partial charge in [-0.05, 0) is 19.3 Å². The van der Waals surface area contributed by atoms with Crippen molar-refractivity contribution < 1.29 is 14.7 Å². The number of carbonyl (C=O) groups excluding carboxylic acids is 1. The zero-order valence-corrected chi connectivity index (χ0v) is 9.13. The van der Waals surface area contributed by atoms with E-state index in [1.807, 2.05) is 16.7 Å². The zero-order chi connectivity index (χ0) is 10.6. The number of thioether (sulfide) groups is 1. The van der Waals surface area contributed by atoms with Crippen LogP contribution in [0.25, 0.3) is 0 Å². The summed E-state index contributed by atoms with van der Waals surface area (Å²) in [6, 6.07) is 0.310. The van der Waals surface area contributed by atoms with Gasteiger partial charge in [-0.25, -0.2) is 0 Å². The van der Waals surface area contributed by atoms with Gasteiger partial charge in [-0.2, -0.15) is 11.8 Å². The van der Waals surface area contributed by atoms with Gasteiger partial charge in [0.15, 0.2) is 0 Å². The lowest BCUT2D eigenvalue weighted by Crippen LogP contribution is -2.45. The topological polar surface area (TPSA) is 57.6 Å². The third-order valence-corrected chi connectivity index (χ3v) is 5.12. The lowest BCUT2D eigenvalue weighted by molar-refractivity contribution is -0.153. The van der Waals surface area contributed by atoms with Crippen LogP contribution in [0.5, 0.6) is 0 Å². The number of carboxylic acids is 1. The first kappa shape index (κ1) is 9.51. The molecule has 2 heterocycles. The summed E-state index contributed by atoms with van der Waals surface area (Å²) >= 11 is 1.91. The Hall–Kier alpha value is -0.710. The van der Waals surface area contributed by atoms with E-state index in [4.69, 9.17) is 5.11 Å². The van der Waals surface area contributed by atoms with Gasteiger partial charge in [-0.3, -0.25) is 9.59 Å². The normalized spacial score (nSPS) is 35.6. The summed E-state index contributed by atoms with van der Waals surface area (Å²) in [6.45, 7) is 0.767. The number of carboxylic acid groups (broad SMARTS) is 1. The zero-order valence-electron chi connectivity index (χ0n) is 8.31. The molecule has 2 saturated heterocycles. The monoisotopic (exact) mass is 227 g/mol. The highest BCUT2D eigenvalue weighted by Crippen LogP contribution is 2.50. The quantitative estimate of drug-likeness (QED) is 0.701. The summed E-state index contributed by atoms with van der Waals surface area (Å²) in [6.07, 6.45) is 2.12. The fourth-order valence-electron chi connectivity index (χ4n) is 2.57. The molecule has 2 atom stereocenters. The molecule has 0 aromatic heterocycles. The average Bonchev–Trinajstić information content (AvgIpc) is 2.77. The molecule has 82 valence electrons. The van der Waals surface area contributed by atoms with E-state index in [1.54, 1.807) is 0 Å². The third-order valence-electron chi connectivity index (χ3n) is 3.73. The molecule has 5 heteroatoms. The molecular formula is C10H13NO3S. The first-order valence-corrected chi connectivity index (χ1v) is 6.34. The van der Waals surface area contributed by atoms with Gasteiger partial charge in [0, 0.05) is 23.6 Å². The van der Waals surface area contributed by atoms with Crippen LogP contribution in [0.4, 0.5) is 0 Å². The minimum atomic E-state index is -1.03. The van der Waals surface area contributed by atoms with Gasteiger partial charge >= 0.3 is 5.97 Å². The molecule has 1 saturated carbocycles. The van der Waals surface area contributed by atoms with Gasteiger partial charge in [-0.1, -0.05) is 0 Å². The molecule has 3 rings (SSSR count). The van der Waals surface area contributed by atoms with Gasteiger partial charge in [0.25, 0.3) is 0 Å². The Labute approximate surface area is 92.0 Å². The van der Waals surface area contributed by atoms with Crippen LogP contribution in [0, 0.1) is 5.41 Å². The summed E-state index contributed by atoms with van der Waals surface area (Å²) in [5.74, 6) is -0.0581. The molecule has 2 bridgehead atoms. The van der Waals surface area contributed by atoms with Crippen LogP contribution >= 0.6 is 11.8 Å². The summed E-state index contributed by atoms with van der Waals surface area (Å²) < 4.78 is 0. The summed E-state index contributed by atoms with van der Waals surface area (Å²) in [4.78, 5) is 25.0. The molecule has 2 aliphatic heterocycles. The highest BCUT2D eigenvalue weighted by Gasteiger charge is 2.60. The van der Waals surface area contributed by atoms with Crippen LogP contribution in [-0.4, -0.2) is 45.5 Å². The SMILES string of the molecule is O=C(O)C1(C(=O)N2CC3CC2CS3)CC1. The van der Waals surface area contributed by atoms with Crippen molar-refractivity contribution in [1.82, 2.24) is 4.90 Å². The lowest BCUT2D eigenvalue weighted by Gasteiger charge is -2.29. The average molecular weight is 227 g/mol. The van der Waals surface area contributed by atoms with Crippen molar-refractivity contribution in [3.05, 3.63) is 0 Å². The number of aliphatic carboxylic acids is 1. The maximum Gasteiger partial charge on any atom is 0.319 e. The number of nitrogens with zero attached hydrogens (tertiary/aromatic N) is 1. The summed E-state index contributed by atoms with van der Waals surface area (Å²) in [5.41, 5.74) is -1.03. The van der Waals surface area contributed by atoms with Crippen molar-refractivity contribution in [2.75, 3.05) is 12.3 Å². The Morgan fingerprint density at radius 1 is 1.40 bits per heavy atom. The van der Waals surface area contributed by atoms with Crippen molar-refractivity contribution in [3.8, 4) is 0 Å². The van der Waals surface area contributed by atoms with E-state index in [-0.39, 0.29) is 5.91 Å². The van der Waals surface area contributed by atoms with E-state index >= 15 is 0 Å². The second-order valence-corrected chi connectivity index (χ2v) is 6.02. The van der Waals surface area contributed by atoms with Crippen molar-refractivity contribution in [2.24, 2.45) is 5.41 Å². The van der Waals surface area contributed by atoms with Crippen molar-refractivity contribution in [3.63, 3.8) is 0 Å². The van der Waals surface area contributed by atoms with Crippen LogP contribution < -0.4 is 0 Å². The number of hydrogen-bond donors (Lipinski definition) is 1. The number of amides is 1. The van der Waals surface area contributed by atoms with Gasteiger partial charge in [0.2, 0.25) is 5.91 Å². The van der Waals surface area contributed by atoms with Crippen LogP contribution in [0.15, 0.2) is 0 Å². The van der Waals surface area contributed by atoms with E-state index < -0.39 is 11.4 Å². The first-order chi connectivity index (χ1) is 7.13. The number of carbonyl (C=O) groups is 2. The van der Waals surface area contributed by atoms with E-state index in [0.717, 1.165) is 18.7 Å². The van der Waals surface area contributed by atoms with Gasteiger partial charge in [0.05, 0.1) is 0 Å². The van der Waals surface area contributed by atoms with Crippen LogP contribution in [0.2, 0.25) is 0 Å². The third kappa shape index (κ3) is 1.22. The van der Waals surface area contributed by atoms with Crippen LogP contribution in [-0.2, 0) is 9.59 Å². The predicted molar refractivity (Wildman–Crippen MR) is 55.7 cm³/mol. The van der Waals surface area contributed by atoms with E-state index in [1.165, 1.54) is 0 Å². The Balaban J connectivity index is 1.78. The molecule has 1 amide bonds. The fourth-order valence-corrected chi connectivity index (χ4v) is 4.00. The molecule has 0 aromatic rings. The van der Waals surface area contributed by atoms with Crippen molar-refractivity contribution in [2.45, 2.75) is 30.6 Å². The minimum Gasteiger partial charge on any atom is -0.480 e.